The predicted octanol–water partition coefficient (Wildman–Crippen LogP) is 2.02. The first-order valence-corrected chi connectivity index (χ1v) is 9.11. The zero-order valence-corrected chi connectivity index (χ0v) is 15.6. The number of hydrogen-bond acceptors (Lipinski definition) is 3. The average Bonchev–Trinajstić information content (AvgIpc) is 2.61. The number of hydrogen-bond donors (Lipinski definition) is 2. The normalized spacial score (nSPS) is 18.0. The smallest absolute Gasteiger partial charge is 0.217 e. The van der Waals surface area contributed by atoms with E-state index in [1.807, 2.05) is 6.92 Å². The third-order valence-electron chi connectivity index (χ3n) is 4.46. The molecule has 6 nitrogen and oxygen atoms in total. The Labute approximate surface area is 154 Å². The van der Waals surface area contributed by atoms with Crippen molar-refractivity contribution in [3.63, 3.8) is 0 Å². The fourth-order valence-corrected chi connectivity index (χ4v) is 3.29. The Balaban J connectivity index is 2.08. The fourth-order valence-electron chi connectivity index (χ4n) is 3.29. The van der Waals surface area contributed by atoms with E-state index in [-0.39, 0.29) is 24.2 Å². The van der Waals surface area contributed by atoms with Gasteiger partial charge in [-0.2, -0.15) is 0 Å². The first kappa shape index (κ1) is 20.2. The molecule has 1 unspecified atom stereocenters. The van der Waals surface area contributed by atoms with Crippen molar-refractivity contribution in [1.29, 1.82) is 0 Å². The zero-order chi connectivity index (χ0) is 18.9. The summed E-state index contributed by atoms with van der Waals surface area (Å²) in [6, 6.07) is 4.99. The third kappa shape index (κ3) is 5.98. The summed E-state index contributed by atoms with van der Waals surface area (Å²) >= 11 is 0. The molecule has 1 aromatic carbocycles. The van der Waals surface area contributed by atoms with Gasteiger partial charge in [0.1, 0.15) is 5.82 Å². The number of ether oxygens (including phenoxy) is 1. The van der Waals surface area contributed by atoms with Crippen LogP contribution < -0.4 is 11.1 Å². The quantitative estimate of drug-likeness (QED) is 0.573. The standard InChI is InChI=1S/C19H29FN4O2/c1-3-22-19(24-8-4-5-15(12-24)10-18(21)25)23-11-14-6-7-17(20)16(9-14)13-26-2/h6-7,9,15H,3-5,8,10-13H2,1-2H3,(H2,21,25)(H,22,23). The molecule has 0 radical (unpaired) electrons. The molecule has 7 heteroatoms. The second-order valence-corrected chi connectivity index (χ2v) is 6.65. The van der Waals surface area contributed by atoms with Gasteiger partial charge in [0.05, 0.1) is 13.2 Å². The number of piperidine rings is 1. The molecule has 1 fully saturated rings. The van der Waals surface area contributed by atoms with E-state index in [9.17, 15) is 9.18 Å². The maximum atomic E-state index is 13.7. The summed E-state index contributed by atoms with van der Waals surface area (Å²) in [5.74, 6) is 0.566. The molecule has 0 saturated carbocycles. The average molecular weight is 364 g/mol. The second kappa shape index (κ2) is 10.1. The van der Waals surface area contributed by atoms with Gasteiger partial charge in [-0.3, -0.25) is 4.79 Å². The van der Waals surface area contributed by atoms with E-state index in [0.29, 0.717) is 18.5 Å². The number of nitrogens with one attached hydrogen (secondary N) is 1. The van der Waals surface area contributed by atoms with Crippen LogP contribution in [0, 0.1) is 11.7 Å². The number of nitrogens with two attached hydrogens (primary N) is 1. The van der Waals surface area contributed by atoms with Gasteiger partial charge in [0.15, 0.2) is 5.96 Å². The van der Waals surface area contributed by atoms with E-state index < -0.39 is 0 Å². The molecule has 0 aliphatic carbocycles. The van der Waals surface area contributed by atoms with Gasteiger partial charge in [-0.1, -0.05) is 6.07 Å². The Morgan fingerprint density at radius 3 is 3.00 bits per heavy atom. The first-order chi connectivity index (χ1) is 12.5. The minimum atomic E-state index is -0.267. The zero-order valence-electron chi connectivity index (χ0n) is 15.6. The molecule has 2 rings (SSSR count). The number of guanidine groups is 1. The molecule has 1 aromatic rings. The monoisotopic (exact) mass is 364 g/mol. The van der Waals surface area contributed by atoms with Crippen LogP contribution in [0.15, 0.2) is 23.2 Å². The van der Waals surface area contributed by atoms with Crippen molar-refractivity contribution in [1.82, 2.24) is 10.2 Å². The number of rotatable bonds is 7. The lowest BCUT2D eigenvalue weighted by Gasteiger charge is -2.34. The number of nitrogens with zero attached hydrogens (tertiary/aromatic N) is 2. The van der Waals surface area contributed by atoms with Crippen LogP contribution in [0.5, 0.6) is 0 Å². The minimum absolute atomic E-state index is 0.240. The Bertz CT molecular complexity index is 636. The second-order valence-electron chi connectivity index (χ2n) is 6.65. The van der Waals surface area contributed by atoms with Gasteiger partial charge in [0, 0.05) is 38.7 Å². The van der Waals surface area contributed by atoms with Crippen molar-refractivity contribution in [2.75, 3.05) is 26.7 Å². The van der Waals surface area contributed by atoms with E-state index in [0.717, 1.165) is 44.0 Å². The Morgan fingerprint density at radius 1 is 1.50 bits per heavy atom. The van der Waals surface area contributed by atoms with E-state index in [1.54, 1.807) is 19.2 Å². The van der Waals surface area contributed by atoms with Crippen molar-refractivity contribution in [3.8, 4) is 0 Å². The van der Waals surface area contributed by atoms with Crippen LogP contribution in [0.25, 0.3) is 0 Å². The van der Waals surface area contributed by atoms with Crippen LogP contribution in [0.4, 0.5) is 4.39 Å². The maximum absolute atomic E-state index is 13.7. The molecule has 0 bridgehead atoms. The van der Waals surface area contributed by atoms with Gasteiger partial charge >= 0.3 is 0 Å². The number of methoxy groups -OCH3 is 1. The Kier molecular flexibility index (Phi) is 7.84. The first-order valence-electron chi connectivity index (χ1n) is 9.11. The van der Waals surface area contributed by atoms with Crippen LogP contribution in [0.2, 0.25) is 0 Å². The Morgan fingerprint density at radius 2 is 2.31 bits per heavy atom. The molecule has 1 atom stereocenters. The number of likely N-dealkylation sites (tertiary alicyclic amines) is 1. The number of primary amides is 1. The highest BCUT2D eigenvalue weighted by atomic mass is 19.1. The van der Waals surface area contributed by atoms with E-state index in [1.165, 1.54) is 6.07 Å². The largest absolute Gasteiger partial charge is 0.380 e. The molecule has 1 aliphatic heterocycles. The molecule has 0 aromatic heterocycles. The molecule has 1 heterocycles. The molecule has 1 saturated heterocycles. The third-order valence-corrected chi connectivity index (χ3v) is 4.46. The maximum Gasteiger partial charge on any atom is 0.217 e. The fraction of sp³-hybridized carbons (Fsp3) is 0.579. The highest BCUT2D eigenvalue weighted by Gasteiger charge is 2.23. The van der Waals surface area contributed by atoms with Gasteiger partial charge in [-0.05, 0) is 43.4 Å². The number of amides is 1. The molecule has 1 aliphatic rings. The van der Waals surface area contributed by atoms with E-state index >= 15 is 0 Å². The lowest BCUT2D eigenvalue weighted by atomic mass is 9.95. The van der Waals surface area contributed by atoms with Crippen molar-refractivity contribution < 1.29 is 13.9 Å². The van der Waals surface area contributed by atoms with Crippen molar-refractivity contribution >= 4 is 11.9 Å². The SMILES string of the molecule is CCNC(=NCc1ccc(F)c(COC)c1)N1CCCC(CC(N)=O)C1. The van der Waals surface area contributed by atoms with Crippen LogP contribution >= 0.6 is 0 Å². The van der Waals surface area contributed by atoms with Crippen molar-refractivity contribution in [2.45, 2.75) is 39.3 Å². The molecule has 3 N–H and O–H groups in total. The summed E-state index contributed by atoms with van der Waals surface area (Å²) in [7, 11) is 1.55. The van der Waals surface area contributed by atoms with Crippen LogP contribution in [-0.4, -0.2) is 43.5 Å². The van der Waals surface area contributed by atoms with Crippen LogP contribution in [0.3, 0.4) is 0 Å². The number of benzene rings is 1. The number of carbonyl (C=O) groups excluding carboxylic acids is 1. The summed E-state index contributed by atoms with van der Waals surface area (Å²) in [4.78, 5) is 18.1. The lowest BCUT2D eigenvalue weighted by molar-refractivity contribution is -0.119. The summed E-state index contributed by atoms with van der Waals surface area (Å²) in [5, 5.41) is 3.31. The molecule has 1 amide bonds. The minimum Gasteiger partial charge on any atom is -0.380 e. The van der Waals surface area contributed by atoms with Crippen molar-refractivity contribution in [2.24, 2.45) is 16.6 Å². The molecule has 0 spiro atoms. The van der Waals surface area contributed by atoms with E-state index in [4.69, 9.17) is 15.5 Å². The van der Waals surface area contributed by atoms with Crippen LogP contribution in [0.1, 0.15) is 37.3 Å². The topological polar surface area (TPSA) is 80.0 Å². The van der Waals surface area contributed by atoms with Crippen molar-refractivity contribution in [3.05, 3.63) is 35.1 Å². The molecular formula is C19H29FN4O2. The van der Waals surface area contributed by atoms with Crippen LogP contribution in [-0.2, 0) is 22.7 Å². The Hall–Kier alpha value is -2.15. The molecular weight excluding hydrogens is 335 g/mol. The lowest BCUT2D eigenvalue weighted by Crippen LogP contribution is -2.47. The summed E-state index contributed by atoms with van der Waals surface area (Å²) < 4.78 is 18.8. The molecule has 144 valence electrons. The highest BCUT2D eigenvalue weighted by molar-refractivity contribution is 5.80. The van der Waals surface area contributed by atoms with Gasteiger partial charge < -0.3 is 20.7 Å². The number of halogens is 1. The summed E-state index contributed by atoms with van der Waals surface area (Å²) in [6.07, 6.45) is 2.43. The van der Waals surface area contributed by atoms with E-state index in [2.05, 4.69) is 10.2 Å². The van der Waals surface area contributed by atoms with Gasteiger partial charge in [-0.15, -0.1) is 0 Å². The molecule has 26 heavy (non-hydrogen) atoms. The number of carbonyl (C=O) groups is 1. The summed E-state index contributed by atoms with van der Waals surface area (Å²) in [6.45, 7) is 5.15. The number of aliphatic imine (C=N–C) groups is 1. The van der Waals surface area contributed by atoms with Gasteiger partial charge in [0.25, 0.3) is 0 Å². The van der Waals surface area contributed by atoms with Gasteiger partial charge in [0.2, 0.25) is 5.91 Å². The summed E-state index contributed by atoms with van der Waals surface area (Å²) in [5.41, 5.74) is 6.81. The highest BCUT2D eigenvalue weighted by Crippen LogP contribution is 2.20. The van der Waals surface area contributed by atoms with Gasteiger partial charge in [-0.25, -0.2) is 9.38 Å². The predicted molar refractivity (Wildman–Crippen MR) is 100 cm³/mol.